The molecule has 0 bridgehead atoms. The fourth-order valence-electron chi connectivity index (χ4n) is 1.76. The number of aromatic amines is 1. The zero-order chi connectivity index (χ0) is 14.3. The number of nitrogens with zero attached hydrogens (tertiary/aromatic N) is 2. The van der Waals surface area contributed by atoms with Crippen LogP contribution in [-0.4, -0.2) is 15.1 Å². The Morgan fingerprint density at radius 1 is 1.20 bits per heavy atom. The standard InChI is InChI=1S/C12H6Cl3N3O2/c13-12(14,15)11-17-9(18-20-11)7-5-6-3-1-2-4-8(6)16-10(7)19/h1-5H,(H,16,19). The predicted octanol–water partition coefficient (Wildman–Crippen LogP) is 3.40. The molecule has 2 aromatic heterocycles. The lowest BCUT2D eigenvalue weighted by molar-refractivity contribution is 0.383. The second-order valence-electron chi connectivity index (χ2n) is 4.02. The van der Waals surface area contributed by atoms with E-state index in [1.165, 1.54) is 0 Å². The van der Waals surface area contributed by atoms with Gasteiger partial charge in [0.25, 0.3) is 15.2 Å². The normalized spacial score (nSPS) is 11.9. The first-order valence-electron chi connectivity index (χ1n) is 5.48. The quantitative estimate of drug-likeness (QED) is 0.694. The van der Waals surface area contributed by atoms with Gasteiger partial charge in [0.1, 0.15) is 0 Å². The molecule has 0 amide bonds. The number of aromatic nitrogens is 3. The van der Waals surface area contributed by atoms with Gasteiger partial charge in [-0.05, 0) is 17.5 Å². The topological polar surface area (TPSA) is 71.8 Å². The van der Waals surface area contributed by atoms with Gasteiger partial charge >= 0.3 is 0 Å². The maximum Gasteiger partial charge on any atom is 0.279 e. The zero-order valence-electron chi connectivity index (χ0n) is 9.73. The molecule has 0 saturated heterocycles. The highest BCUT2D eigenvalue weighted by atomic mass is 35.6. The van der Waals surface area contributed by atoms with Gasteiger partial charge < -0.3 is 9.51 Å². The third-order valence-corrected chi connectivity index (χ3v) is 3.15. The van der Waals surface area contributed by atoms with Crippen molar-refractivity contribution in [3.8, 4) is 11.4 Å². The van der Waals surface area contributed by atoms with E-state index in [9.17, 15) is 4.79 Å². The Morgan fingerprint density at radius 2 is 1.95 bits per heavy atom. The minimum absolute atomic E-state index is 0.0679. The van der Waals surface area contributed by atoms with Crippen LogP contribution in [0.3, 0.4) is 0 Å². The second-order valence-corrected chi connectivity index (χ2v) is 6.30. The molecule has 2 heterocycles. The molecule has 0 radical (unpaired) electrons. The van der Waals surface area contributed by atoms with Crippen molar-refractivity contribution in [2.45, 2.75) is 3.79 Å². The number of hydrogen-bond donors (Lipinski definition) is 1. The van der Waals surface area contributed by atoms with Crippen molar-refractivity contribution in [2.24, 2.45) is 0 Å². The number of H-pyrrole nitrogens is 1. The van der Waals surface area contributed by atoms with Crippen LogP contribution in [0.5, 0.6) is 0 Å². The fourth-order valence-corrected chi connectivity index (χ4v) is 1.99. The van der Waals surface area contributed by atoms with E-state index in [4.69, 9.17) is 39.3 Å². The molecule has 1 aromatic carbocycles. The SMILES string of the molecule is O=c1[nH]c2ccccc2cc1-c1noc(C(Cl)(Cl)Cl)n1. The molecule has 3 aromatic rings. The van der Waals surface area contributed by atoms with Crippen molar-refractivity contribution in [3.05, 3.63) is 46.6 Å². The van der Waals surface area contributed by atoms with Crippen LogP contribution < -0.4 is 5.56 Å². The summed E-state index contributed by atoms with van der Waals surface area (Å²) in [5, 5.41) is 4.50. The molecular formula is C12H6Cl3N3O2. The molecule has 102 valence electrons. The lowest BCUT2D eigenvalue weighted by Gasteiger charge is -2.01. The average molecular weight is 331 g/mol. The maximum absolute atomic E-state index is 12.0. The van der Waals surface area contributed by atoms with E-state index in [1.54, 1.807) is 12.1 Å². The number of rotatable bonds is 1. The van der Waals surface area contributed by atoms with Crippen LogP contribution in [0, 0.1) is 0 Å². The largest absolute Gasteiger partial charge is 0.334 e. The van der Waals surface area contributed by atoms with Gasteiger partial charge in [0, 0.05) is 5.52 Å². The highest BCUT2D eigenvalue weighted by Gasteiger charge is 2.31. The van der Waals surface area contributed by atoms with E-state index in [1.807, 2.05) is 18.2 Å². The minimum atomic E-state index is -1.82. The molecule has 0 aliphatic rings. The molecule has 1 N–H and O–H groups in total. The first kappa shape index (κ1) is 13.4. The monoisotopic (exact) mass is 329 g/mol. The van der Waals surface area contributed by atoms with Crippen molar-refractivity contribution >= 4 is 45.7 Å². The Kier molecular flexibility index (Phi) is 3.20. The molecular weight excluding hydrogens is 325 g/mol. The van der Waals surface area contributed by atoms with E-state index >= 15 is 0 Å². The Balaban J connectivity index is 2.17. The molecule has 5 nitrogen and oxygen atoms in total. The van der Waals surface area contributed by atoms with Gasteiger partial charge in [0.2, 0.25) is 5.82 Å². The molecule has 8 heteroatoms. The number of hydrogen-bond acceptors (Lipinski definition) is 4. The summed E-state index contributed by atoms with van der Waals surface area (Å²) in [6.45, 7) is 0. The third kappa shape index (κ3) is 2.40. The molecule has 0 aliphatic heterocycles. The van der Waals surface area contributed by atoms with Crippen molar-refractivity contribution in [1.82, 2.24) is 15.1 Å². The first-order valence-corrected chi connectivity index (χ1v) is 6.62. The summed E-state index contributed by atoms with van der Waals surface area (Å²) in [5.41, 5.74) is 0.611. The number of nitrogens with one attached hydrogen (secondary N) is 1. The Morgan fingerprint density at radius 3 is 2.65 bits per heavy atom. The highest BCUT2D eigenvalue weighted by molar-refractivity contribution is 6.66. The first-order chi connectivity index (χ1) is 9.45. The number of alkyl halides is 3. The molecule has 0 aliphatic carbocycles. The van der Waals surface area contributed by atoms with Gasteiger partial charge in [0.05, 0.1) is 5.56 Å². The lowest BCUT2D eigenvalue weighted by atomic mass is 10.1. The summed E-state index contributed by atoms with van der Waals surface area (Å²) in [5.74, 6) is -0.122. The van der Waals surface area contributed by atoms with Gasteiger partial charge in [0.15, 0.2) is 0 Å². The molecule has 3 rings (SSSR count). The molecule has 20 heavy (non-hydrogen) atoms. The summed E-state index contributed by atoms with van der Waals surface area (Å²) in [7, 11) is 0. The Labute approximate surface area is 127 Å². The third-order valence-electron chi connectivity index (χ3n) is 2.66. The summed E-state index contributed by atoms with van der Waals surface area (Å²) >= 11 is 16.9. The Hall–Kier alpha value is -1.56. The molecule has 0 atom stereocenters. The summed E-state index contributed by atoms with van der Waals surface area (Å²) in [6, 6.07) is 8.98. The van der Waals surface area contributed by atoms with E-state index in [2.05, 4.69) is 15.1 Å². The van der Waals surface area contributed by atoms with E-state index in [0.717, 1.165) is 5.39 Å². The van der Waals surface area contributed by atoms with Crippen LogP contribution in [-0.2, 0) is 3.79 Å². The number of pyridine rings is 1. The van der Waals surface area contributed by atoms with E-state index in [-0.39, 0.29) is 22.8 Å². The van der Waals surface area contributed by atoms with Crippen LogP contribution >= 0.6 is 34.8 Å². The molecule has 0 fully saturated rings. The number of fused-ring (bicyclic) bond motifs is 1. The van der Waals surface area contributed by atoms with Gasteiger partial charge in [-0.2, -0.15) is 4.98 Å². The van der Waals surface area contributed by atoms with E-state index in [0.29, 0.717) is 5.52 Å². The van der Waals surface area contributed by atoms with Crippen LogP contribution in [0.2, 0.25) is 0 Å². The van der Waals surface area contributed by atoms with Crippen LogP contribution in [0.4, 0.5) is 0 Å². The van der Waals surface area contributed by atoms with Gasteiger partial charge in [-0.15, -0.1) is 0 Å². The minimum Gasteiger partial charge on any atom is -0.334 e. The van der Waals surface area contributed by atoms with Crippen LogP contribution in [0.15, 0.2) is 39.6 Å². The molecule has 0 saturated carbocycles. The predicted molar refractivity (Wildman–Crippen MR) is 77.1 cm³/mol. The fraction of sp³-hybridized carbons (Fsp3) is 0.0833. The zero-order valence-corrected chi connectivity index (χ0v) is 12.0. The smallest absolute Gasteiger partial charge is 0.279 e. The van der Waals surface area contributed by atoms with E-state index < -0.39 is 3.79 Å². The summed E-state index contributed by atoms with van der Waals surface area (Å²) in [6.07, 6.45) is 0. The van der Waals surface area contributed by atoms with Gasteiger partial charge in [-0.25, -0.2) is 0 Å². The Bertz CT molecular complexity index is 836. The van der Waals surface area contributed by atoms with Crippen LogP contribution in [0.25, 0.3) is 22.3 Å². The maximum atomic E-state index is 12.0. The van der Waals surface area contributed by atoms with Crippen molar-refractivity contribution in [2.75, 3.05) is 0 Å². The second kappa shape index (κ2) is 4.77. The molecule has 0 spiro atoms. The summed E-state index contributed by atoms with van der Waals surface area (Å²) in [4.78, 5) is 18.7. The number of benzene rings is 1. The average Bonchev–Trinajstić information content (AvgIpc) is 2.87. The van der Waals surface area contributed by atoms with Gasteiger partial charge in [-0.3, -0.25) is 4.79 Å². The van der Waals surface area contributed by atoms with Crippen LogP contribution in [0.1, 0.15) is 5.89 Å². The lowest BCUT2D eigenvalue weighted by Crippen LogP contribution is -2.09. The van der Waals surface area contributed by atoms with Crippen molar-refractivity contribution in [1.29, 1.82) is 0 Å². The van der Waals surface area contributed by atoms with Crippen molar-refractivity contribution < 1.29 is 4.52 Å². The van der Waals surface area contributed by atoms with Gasteiger partial charge in [-0.1, -0.05) is 58.2 Å². The summed E-state index contributed by atoms with van der Waals surface area (Å²) < 4.78 is 3.02. The number of halogens is 3. The molecule has 0 unspecified atom stereocenters. The highest BCUT2D eigenvalue weighted by Crippen LogP contribution is 2.37. The van der Waals surface area contributed by atoms with Crippen molar-refractivity contribution in [3.63, 3.8) is 0 Å². The number of para-hydroxylation sites is 1.